The molecule has 0 unspecified atom stereocenters. The Morgan fingerprint density at radius 1 is 1.08 bits per heavy atom. The van der Waals surface area contributed by atoms with Crippen molar-refractivity contribution in [3.05, 3.63) is 29.8 Å². The standard InChI is InChI=1S/C18H27N3O2S/c1-5-6-7-8-15(22)20-17(24)19-14-11-9-13(10-12-14)16(23)21-18(2,3)4/h9-12H,5-8H2,1-4H3,(H,21,23)(H2,19,20,22,24). The highest BCUT2D eigenvalue weighted by Gasteiger charge is 2.15. The van der Waals surface area contributed by atoms with E-state index in [1.807, 2.05) is 20.8 Å². The van der Waals surface area contributed by atoms with E-state index in [2.05, 4.69) is 22.9 Å². The van der Waals surface area contributed by atoms with Gasteiger partial charge in [-0.1, -0.05) is 19.8 Å². The summed E-state index contributed by atoms with van der Waals surface area (Å²) in [6.45, 7) is 7.89. The van der Waals surface area contributed by atoms with Crippen LogP contribution in [0.3, 0.4) is 0 Å². The number of hydrogen-bond acceptors (Lipinski definition) is 3. The van der Waals surface area contributed by atoms with Crippen LogP contribution in [0.15, 0.2) is 24.3 Å². The Labute approximate surface area is 149 Å². The Hall–Kier alpha value is -1.95. The minimum Gasteiger partial charge on any atom is -0.347 e. The molecule has 0 bridgehead atoms. The summed E-state index contributed by atoms with van der Waals surface area (Å²) in [6.07, 6.45) is 3.45. The van der Waals surface area contributed by atoms with Crippen LogP contribution in [0.5, 0.6) is 0 Å². The van der Waals surface area contributed by atoms with Crippen LogP contribution in [0.25, 0.3) is 0 Å². The fraction of sp³-hybridized carbons (Fsp3) is 0.500. The lowest BCUT2D eigenvalue weighted by Gasteiger charge is -2.20. The number of amides is 2. The van der Waals surface area contributed by atoms with E-state index in [4.69, 9.17) is 12.2 Å². The average molecular weight is 350 g/mol. The highest BCUT2D eigenvalue weighted by Crippen LogP contribution is 2.11. The summed E-state index contributed by atoms with van der Waals surface area (Å²) < 4.78 is 0. The van der Waals surface area contributed by atoms with Gasteiger partial charge in [0.1, 0.15) is 0 Å². The zero-order valence-electron chi connectivity index (χ0n) is 14.9. The van der Waals surface area contributed by atoms with Crippen molar-refractivity contribution in [1.29, 1.82) is 0 Å². The van der Waals surface area contributed by atoms with E-state index in [1.165, 1.54) is 0 Å². The Morgan fingerprint density at radius 2 is 1.71 bits per heavy atom. The van der Waals surface area contributed by atoms with E-state index in [0.717, 1.165) is 24.9 Å². The van der Waals surface area contributed by atoms with Gasteiger partial charge in [0.2, 0.25) is 5.91 Å². The lowest BCUT2D eigenvalue weighted by Crippen LogP contribution is -2.40. The summed E-state index contributed by atoms with van der Waals surface area (Å²) in [5, 5.41) is 8.77. The number of hydrogen-bond donors (Lipinski definition) is 3. The lowest BCUT2D eigenvalue weighted by molar-refractivity contribution is -0.119. The van der Waals surface area contributed by atoms with Crippen LogP contribution in [0.2, 0.25) is 0 Å². The van der Waals surface area contributed by atoms with Gasteiger partial charge >= 0.3 is 0 Å². The van der Waals surface area contributed by atoms with Gasteiger partial charge < -0.3 is 16.0 Å². The molecular formula is C18H27N3O2S. The van der Waals surface area contributed by atoms with E-state index >= 15 is 0 Å². The second-order valence-electron chi connectivity index (χ2n) is 6.74. The number of carbonyl (C=O) groups is 2. The van der Waals surface area contributed by atoms with Gasteiger partial charge in [-0.3, -0.25) is 9.59 Å². The molecule has 24 heavy (non-hydrogen) atoms. The first-order chi connectivity index (χ1) is 11.2. The maximum atomic E-state index is 12.1. The lowest BCUT2D eigenvalue weighted by atomic mass is 10.1. The first-order valence-corrected chi connectivity index (χ1v) is 8.65. The van der Waals surface area contributed by atoms with Crippen molar-refractivity contribution >= 4 is 34.8 Å². The first-order valence-electron chi connectivity index (χ1n) is 8.24. The third-order valence-corrected chi connectivity index (χ3v) is 3.36. The quantitative estimate of drug-likeness (QED) is 0.542. The summed E-state index contributed by atoms with van der Waals surface area (Å²) in [5.74, 6) is -0.206. The van der Waals surface area contributed by atoms with Crippen molar-refractivity contribution in [2.75, 3.05) is 5.32 Å². The second-order valence-corrected chi connectivity index (χ2v) is 7.15. The number of benzene rings is 1. The summed E-state index contributed by atoms with van der Waals surface area (Å²) in [5.41, 5.74) is 1.02. The largest absolute Gasteiger partial charge is 0.347 e. The average Bonchev–Trinajstić information content (AvgIpc) is 2.46. The summed E-state index contributed by atoms with van der Waals surface area (Å²) in [7, 11) is 0. The van der Waals surface area contributed by atoms with Crippen LogP contribution >= 0.6 is 12.2 Å². The molecule has 3 N–H and O–H groups in total. The molecule has 0 saturated carbocycles. The number of rotatable bonds is 6. The van der Waals surface area contributed by atoms with Crippen molar-refractivity contribution in [2.45, 2.75) is 58.9 Å². The van der Waals surface area contributed by atoms with Gasteiger partial charge in [-0.05, 0) is 63.7 Å². The van der Waals surface area contributed by atoms with E-state index in [9.17, 15) is 9.59 Å². The highest BCUT2D eigenvalue weighted by molar-refractivity contribution is 7.80. The molecule has 2 amide bonds. The minimum absolute atomic E-state index is 0.0814. The highest BCUT2D eigenvalue weighted by atomic mass is 32.1. The monoisotopic (exact) mass is 349 g/mol. The molecule has 6 heteroatoms. The van der Waals surface area contributed by atoms with Crippen LogP contribution in [0.4, 0.5) is 5.69 Å². The zero-order valence-corrected chi connectivity index (χ0v) is 15.7. The molecule has 0 aliphatic rings. The van der Waals surface area contributed by atoms with Crippen molar-refractivity contribution < 1.29 is 9.59 Å². The topological polar surface area (TPSA) is 70.2 Å². The maximum Gasteiger partial charge on any atom is 0.251 e. The summed E-state index contributed by atoms with van der Waals surface area (Å²) in [4.78, 5) is 23.8. The van der Waals surface area contributed by atoms with Crippen molar-refractivity contribution in [1.82, 2.24) is 10.6 Å². The molecule has 0 fully saturated rings. The van der Waals surface area contributed by atoms with Crippen LogP contribution in [-0.2, 0) is 4.79 Å². The molecule has 1 aromatic carbocycles. The van der Waals surface area contributed by atoms with Crippen LogP contribution < -0.4 is 16.0 Å². The summed E-state index contributed by atoms with van der Waals surface area (Å²) >= 11 is 5.12. The fourth-order valence-electron chi connectivity index (χ4n) is 2.00. The van der Waals surface area contributed by atoms with Gasteiger partial charge in [-0.2, -0.15) is 0 Å². The normalized spacial score (nSPS) is 10.8. The third-order valence-electron chi connectivity index (χ3n) is 3.15. The number of thiocarbonyl (C=S) groups is 1. The number of carbonyl (C=O) groups excluding carboxylic acids is 2. The maximum absolute atomic E-state index is 12.1. The van der Waals surface area contributed by atoms with E-state index in [0.29, 0.717) is 12.0 Å². The van der Waals surface area contributed by atoms with Crippen LogP contribution in [0.1, 0.15) is 63.7 Å². The molecular weight excluding hydrogens is 322 g/mol. The van der Waals surface area contributed by atoms with Gasteiger partial charge in [0.05, 0.1) is 0 Å². The molecule has 0 aromatic heterocycles. The SMILES string of the molecule is CCCCCC(=O)NC(=S)Nc1ccc(C(=O)NC(C)(C)C)cc1. The predicted molar refractivity (Wildman–Crippen MR) is 102 cm³/mol. The minimum atomic E-state index is -0.280. The number of nitrogens with one attached hydrogen (secondary N) is 3. The zero-order chi connectivity index (χ0) is 18.2. The smallest absolute Gasteiger partial charge is 0.251 e. The van der Waals surface area contributed by atoms with Crippen LogP contribution in [-0.4, -0.2) is 22.5 Å². The number of unbranched alkanes of at least 4 members (excludes halogenated alkanes) is 2. The molecule has 0 atom stereocenters. The van der Waals surface area contributed by atoms with Gasteiger partial charge in [0.15, 0.2) is 5.11 Å². The second kappa shape index (κ2) is 9.37. The molecule has 0 radical (unpaired) electrons. The Balaban J connectivity index is 2.50. The third kappa shape index (κ3) is 8.06. The molecule has 0 spiro atoms. The van der Waals surface area contributed by atoms with Crippen molar-refractivity contribution in [3.63, 3.8) is 0 Å². The van der Waals surface area contributed by atoms with E-state index in [1.54, 1.807) is 24.3 Å². The van der Waals surface area contributed by atoms with Gasteiger partial charge in [-0.25, -0.2) is 0 Å². The summed E-state index contributed by atoms with van der Waals surface area (Å²) in [6, 6.07) is 6.95. The van der Waals surface area contributed by atoms with Gasteiger partial charge in [0, 0.05) is 23.2 Å². The van der Waals surface area contributed by atoms with Crippen LogP contribution in [0, 0.1) is 0 Å². The van der Waals surface area contributed by atoms with E-state index in [-0.39, 0.29) is 22.5 Å². The van der Waals surface area contributed by atoms with Crippen molar-refractivity contribution in [2.24, 2.45) is 0 Å². The van der Waals surface area contributed by atoms with Gasteiger partial charge in [-0.15, -0.1) is 0 Å². The fourth-order valence-corrected chi connectivity index (χ4v) is 2.24. The molecule has 0 saturated heterocycles. The van der Waals surface area contributed by atoms with Gasteiger partial charge in [0.25, 0.3) is 5.91 Å². The Morgan fingerprint density at radius 3 is 2.25 bits per heavy atom. The molecule has 5 nitrogen and oxygen atoms in total. The molecule has 132 valence electrons. The molecule has 1 aromatic rings. The molecule has 1 rings (SSSR count). The van der Waals surface area contributed by atoms with Crippen molar-refractivity contribution in [3.8, 4) is 0 Å². The predicted octanol–water partition coefficient (Wildman–Crippen LogP) is 3.61. The molecule has 0 aliphatic heterocycles. The Bertz CT molecular complexity index is 577. The first kappa shape index (κ1) is 20.1. The molecule has 0 aliphatic carbocycles. The molecule has 0 heterocycles. The number of anilines is 1. The van der Waals surface area contributed by atoms with E-state index < -0.39 is 0 Å². The Kier molecular flexibility index (Phi) is 7.85.